The molecule has 2 heterocycles. The average molecular weight is 389 g/mol. The summed E-state index contributed by atoms with van der Waals surface area (Å²) in [5.74, 6) is 0.334. The van der Waals surface area contributed by atoms with Crippen molar-refractivity contribution in [1.29, 1.82) is 0 Å². The van der Waals surface area contributed by atoms with Gasteiger partial charge in [0.25, 0.3) is 0 Å². The van der Waals surface area contributed by atoms with Crippen LogP contribution in [-0.4, -0.2) is 23.9 Å². The minimum Gasteiger partial charge on any atom is -0.467 e. The minimum absolute atomic E-state index is 0.0559. The van der Waals surface area contributed by atoms with Crippen molar-refractivity contribution >= 4 is 40.6 Å². The quantitative estimate of drug-likeness (QED) is 0.618. The first-order chi connectivity index (χ1) is 12.4. The van der Waals surface area contributed by atoms with E-state index in [4.69, 9.17) is 33.3 Å². The van der Waals surface area contributed by atoms with Gasteiger partial charge in [0.05, 0.1) is 29.4 Å². The Bertz CT molecular complexity index is 919. The molecule has 5 nitrogen and oxygen atoms in total. The molecule has 0 spiro atoms. The number of benzene rings is 2. The van der Waals surface area contributed by atoms with Gasteiger partial charge in [0.15, 0.2) is 10.8 Å². The summed E-state index contributed by atoms with van der Waals surface area (Å²) < 4.78 is 11.2. The first-order valence-electron chi connectivity index (χ1n) is 8.19. The van der Waals surface area contributed by atoms with Crippen molar-refractivity contribution in [3.05, 3.63) is 58.6 Å². The van der Waals surface area contributed by atoms with Gasteiger partial charge in [0.2, 0.25) is 0 Å². The Morgan fingerprint density at radius 3 is 2.88 bits per heavy atom. The molecule has 7 heteroatoms. The van der Waals surface area contributed by atoms with Crippen LogP contribution in [0.5, 0.6) is 5.75 Å². The molecule has 0 aliphatic carbocycles. The molecular weight excluding hydrogens is 372 g/mol. The number of ether oxygens (including phenoxy) is 2. The number of fused-ring (bicyclic) bond motifs is 4. The predicted molar refractivity (Wildman–Crippen MR) is 104 cm³/mol. The van der Waals surface area contributed by atoms with Crippen molar-refractivity contribution in [3.8, 4) is 5.75 Å². The number of halogens is 1. The molecule has 26 heavy (non-hydrogen) atoms. The zero-order chi connectivity index (χ0) is 18.5. The maximum atomic E-state index is 11.8. The molecule has 1 fully saturated rings. The lowest BCUT2D eigenvalue weighted by Crippen LogP contribution is -2.65. The van der Waals surface area contributed by atoms with E-state index in [0.29, 0.717) is 27.9 Å². The molecular formula is C19H17ClN2O3S. The normalized spacial score (nSPS) is 23.6. The molecule has 2 aromatic rings. The van der Waals surface area contributed by atoms with Crippen molar-refractivity contribution in [2.75, 3.05) is 12.0 Å². The number of nitrogens with zero attached hydrogens (tertiary/aromatic N) is 1. The summed E-state index contributed by atoms with van der Waals surface area (Å²) in [6.45, 7) is 1.99. The van der Waals surface area contributed by atoms with Gasteiger partial charge in [-0.2, -0.15) is 0 Å². The second-order valence-corrected chi connectivity index (χ2v) is 7.31. The van der Waals surface area contributed by atoms with E-state index in [1.165, 1.54) is 7.11 Å². The van der Waals surface area contributed by atoms with Crippen LogP contribution in [0.1, 0.15) is 35.3 Å². The summed E-state index contributed by atoms with van der Waals surface area (Å²) in [5, 5.41) is 4.49. The number of hydrogen-bond acceptors (Lipinski definition) is 4. The van der Waals surface area contributed by atoms with Crippen LogP contribution >= 0.6 is 23.8 Å². The average Bonchev–Trinajstić information content (AvgIpc) is 2.61. The molecule has 2 aromatic carbocycles. The summed E-state index contributed by atoms with van der Waals surface area (Å²) in [5.41, 5.74) is 1.49. The van der Waals surface area contributed by atoms with E-state index in [1.54, 1.807) is 18.2 Å². The Balaban J connectivity index is 1.78. The number of anilines is 1. The molecule has 0 saturated carbocycles. The van der Waals surface area contributed by atoms with Crippen molar-refractivity contribution in [1.82, 2.24) is 5.32 Å². The number of methoxy groups -OCH3 is 1. The van der Waals surface area contributed by atoms with Gasteiger partial charge < -0.3 is 14.8 Å². The molecule has 0 amide bonds. The maximum Gasteiger partial charge on any atom is 0.337 e. The first kappa shape index (κ1) is 17.1. The van der Waals surface area contributed by atoms with Gasteiger partial charge in [-0.25, -0.2) is 4.79 Å². The highest BCUT2D eigenvalue weighted by Crippen LogP contribution is 2.46. The van der Waals surface area contributed by atoms with Crippen LogP contribution in [0.2, 0.25) is 5.02 Å². The molecule has 4 rings (SSSR count). The summed E-state index contributed by atoms with van der Waals surface area (Å²) >= 11 is 12.0. The largest absolute Gasteiger partial charge is 0.467 e. The van der Waals surface area contributed by atoms with Gasteiger partial charge in [-0.3, -0.25) is 4.90 Å². The van der Waals surface area contributed by atoms with Gasteiger partial charge in [0, 0.05) is 12.0 Å². The van der Waals surface area contributed by atoms with Gasteiger partial charge in [-0.1, -0.05) is 23.7 Å². The van der Waals surface area contributed by atoms with Crippen LogP contribution in [0.15, 0.2) is 42.5 Å². The molecule has 0 radical (unpaired) electrons. The lowest BCUT2D eigenvalue weighted by Gasteiger charge is -2.52. The van der Waals surface area contributed by atoms with Crippen LogP contribution in [0.3, 0.4) is 0 Å². The fraction of sp³-hybridized carbons (Fsp3) is 0.263. The summed E-state index contributed by atoms with van der Waals surface area (Å²) in [6.07, 6.45) is 0.649. The number of carbonyl (C=O) groups excluding carboxylic acids is 1. The van der Waals surface area contributed by atoms with E-state index in [2.05, 4.69) is 5.32 Å². The Hall–Kier alpha value is -2.31. The predicted octanol–water partition coefficient (Wildman–Crippen LogP) is 4.06. The highest BCUT2D eigenvalue weighted by Gasteiger charge is 2.48. The van der Waals surface area contributed by atoms with Gasteiger partial charge in [0.1, 0.15) is 5.75 Å². The lowest BCUT2D eigenvalue weighted by atomic mass is 9.89. The molecule has 2 aliphatic heterocycles. The van der Waals surface area contributed by atoms with Crippen LogP contribution in [0.4, 0.5) is 5.69 Å². The number of nitrogens with one attached hydrogen (secondary N) is 1. The number of esters is 1. The highest BCUT2D eigenvalue weighted by molar-refractivity contribution is 7.80. The SMILES string of the molecule is COC(=O)c1ccc2c(c1)[C@H]1C[C@@](C)(O2)N(c2ccccc2Cl)C(=S)N1. The van der Waals surface area contributed by atoms with E-state index >= 15 is 0 Å². The smallest absolute Gasteiger partial charge is 0.337 e. The van der Waals surface area contributed by atoms with Crippen LogP contribution in [-0.2, 0) is 4.74 Å². The number of thiocarbonyl (C=S) groups is 1. The van der Waals surface area contributed by atoms with E-state index in [0.717, 1.165) is 11.3 Å². The van der Waals surface area contributed by atoms with Crippen molar-refractivity contribution in [3.63, 3.8) is 0 Å². The molecule has 134 valence electrons. The van der Waals surface area contributed by atoms with E-state index in [1.807, 2.05) is 36.1 Å². The molecule has 2 aliphatic rings. The first-order valence-corrected chi connectivity index (χ1v) is 8.98. The molecule has 0 unspecified atom stereocenters. The van der Waals surface area contributed by atoms with Crippen molar-refractivity contribution in [2.24, 2.45) is 0 Å². The Labute approximate surface area is 161 Å². The Morgan fingerprint density at radius 2 is 2.15 bits per heavy atom. The molecule has 1 N–H and O–H groups in total. The molecule has 1 saturated heterocycles. The molecule has 2 atom stereocenters. The fourth-order valence-corrected chi connectivity index (χ4v) is 4.27. The summed E-state index contributed by atoms with van der Waals surface area (Å²) in [4.78, 5) is 13.8. The number of rotatable bonds is 2. The van der Waals surface area contributed by atoms with Crippen LogP contribution in [0.25, 0.3) is 0 Å². The number of carbonyl (C=O) groups is 1. The molecule has 0 aromatic heterocycles. The van der Waals surface area contributed by atoms with E-state index in [-0.39, 0.29) is 12.0 Å². The topological polar surface area (TPSA) is 50.8 Å². The summed E-state index contributed by atoms with van der Waals surface area (Å²) in [6, 6.07) is 12.8. The van der Waals surface area contributed by atoms with Crippen molar-refractivity contribution < 1.29 is 14.3 Å². The van der Waals surface area contributed by atoms with Crippen LogP contribution in [0, 0.1) is 0 Å². The van der Waals surface area contributed by atoms with Gasteiger partial charge >= 0.3 is 5.97 Å². The van der Waals surface area contributed by atoms with Gasteiger partial charge in [-0.15, -0.1) is 0 Å². The lowest BCUT2D eigenvalue weighted by molar-refractivity contribution is 0.0494. The standard InChI is InChI=1S/C19H17ClN2O3S/c1-19-10-14(12-9-11(17(23)24-2)7-8-16(12)25-19)21-18(26)22(19)15-6-4-3-5-13(15)20/h3-9,14H,10H2,1-2H3,(H,21,26)/t14-,19-/m1/s1. The maximum absolute atomic E-state index is 11.8. The van der Waals surface area contributed by atoms with E-state index in [9.17, 15) is 4.79 Å². The second-order valence-electron chi connectivity index (χ2n) is 6.51. The zero-order valence-electron chi connectivity index (χ0n) is 14.3. The van der Waals surface area contributed by atoms with E-state index < -0.39 is 5.72 Å². The summed E-state index contributed by atoms with van der Waals surface area (Å²) in [7, 11) is 1.37. The fourth-order valence-electron chi connectivity index (χ4n) is 3.62. The third-order valence-electron chi connectivity index (χ3n) is 4.79. The van der Waals surface area contributed by atoms with Crippen LogP contribution < -0.4 is 15.0 Å². The monoisotopic (exact) mass is 388 g/mol. The minimum atomic E-state index is -0.683. The number of hydrogen-bond donors (Lipinski definition) is 1. The Morgan fingerprint density at radius 1 is 1.38 bits per heavy atom. The van der Waals surface area contributed by atoms with Gasteiger partial charge in [-0.05, 0) is 49.5 Å². The third kappa shape index (κ3) is 2.61. The molecule has 2 bridgehead atoms. The zero-order valence-corrected chi connectivity index (χ0v) is 15.9. The number of para-hydroxylation sites is 1. The third-order valence-corrected chi connectivity index (χ3v) is 5.41. The Kier molecular flexibility index (Phi) is 4.04. The van der Waals surface area contributed by atoms with Crippen molar-refractivity contribution in [2.45, 2.75) is 25.1 Å². The highest BCUT2D eigenvalue weighted by atomic mass is 35.5. The second kappa shape index (κ2) is 6.14.